The summed E-state index contributed by atoms with van der Waals surface area (Å²) in [7, 11) is 3.29. The van der Waals surface area contributed by atoms with Crippen LogP contribution in [0.5, 0.6) is 0 Å². The first kappa shape index (κ1) is 17.7. The fraction of sp³-hybridized carbons (Fsp3) is 0.235. The van der Waals surface area contributed by atoms with E-state index in [9.17, 15) is 9.59 Å². The van der Waals surface area contributed by atoms with Gasteiger partial charge in [0.2, 0.25) is 0 Å². The monoisotopic (exact) mass is 346 g/mol. The molecule has 0 spiro atoms. The van der Waals surface area contributed by atoms with E-state index >= 15 is 0 Å². The summed E-state index contributed by atoms with van der Waals surface area (Å²) >= 11 is 5.86. The van der Waals surface area contributed by atoms with Crippen molar-refractivity contribution >= 4 is 29.2 Å². The highest BCUT2D eigenvalue weighted by atomic mass is 35.5. The molecule has 0 aliphatic rings. The zero-order chi connectivity index (χ0) is 17.7. The predicted octanol–water partition coefficient (Wildman–Crippen LogP) is 3.32. The van der Waals surface area contributed by atoms with Crippen molar-refractivity contribution in [3.63, 3.8) is 0 Å². The lowest BCUT2D eigenvalue weighted by molar-refractivity contribution is 0.0822. The van der Waals surface area contributed by atoms with E-state index in [4.69, 9.17) is 11.6 Å². The van der Waals surface area contributed by atoms with Gasteiger partial charge in [0, 0.05) is 31.0 Å². The zero-order valence-corrected chi connectivity index (χ0v) is 14.5. The van der Waals surface area contributed by atoms with Crippen LogP contribution in [0, 0.1) is 0 Å². The van der Waals surface area contributed by atoms with E-state index in [1.807, 2.05) is 19.1 Å². The molecule has 7 heteroatoms. The third kappa shape index (κ3) is 4.70. The van der Waals surface area contributed by atoms with Gasteiger partial charge < -0.3 is 15.5 Å². The number of aromatic nitrogens is 1. The number of halogens is 1. The third-order valence-electron chi connectivity index (χ3n) is 3.36. The van der Waals surface area contributed by atoms with E-state index < -0.39 is 0 Å². The Morgan fingerprint density at radius 3 is 2.46 bits per heavy atom. The summed E-state index contributed by atoms with van der Waals surface area (Å²) < 4.78 is 0. The van der Waals surface area contributed by atoms with Gasteiger partial charge in [0.05, 0.1) is 6.04 Å². The summed E-state index contributed by atoms with van der Waals surface area (Å²) in [5.74, 6) is -0.228. The normalized spacial score (nSPS) is 11.5. The number of hydrogen-bond acceptors (Lipinski definition) is 3. The van der Waals surface area contributed by atoms with Crippen molar-refractivity contribution in [2.24, 2.45) is 0 Å². The lowest BCUT2D eigenvalue weighted by Crippen LogP contribution is -2.31. The number of carbonyl (C=O) groups excluding carboxylic acids is 2. The molecule has 2 rings (SSSR count). The van der Waals surface area contributed by atoms with E-state index in [1.165, 1.54) is 17.2 Å². The molecule has 0 bridgehead atoms. The molecule has 2 N–H and O–H groups in total. The first-order chi connectivity index (χ1) is 11.4. The standard InChI is InChI=1S/C17H19ClN4O2/c1-11(12-4-6-13(18)7-5-12)20-17(24)21-14-8-9-19-15(10-14)16(23)22(2)3/h4-11H,1-3H3,(H2,19,20,21,24). The Hall–Kier alpha value is -2.60. The van der Waals surface area contributed by atoms with E-state index in [0.29, 0.717) is 10.7 Å². The number of amides is 3. The Kier molecular flexibility index (Phi) is 5.76. The molecule has 126 valence electrons. The van der Waals surface area contributed by atoms with Gasteiger partial charge in [0.15, 0.2) is 0 Å². The molecule has 6 nitrogen and oxygen atoms in total. The molecule has 2 aromatic rings. The zero-order valence-electron chi connectivity index (χ0n) is 13.7. The predicted molar refractivity (Wildman–Crippen MR) is 94.3 cm³/mol. The minimum atomic E-state index is -0.369. The number of pyridine rings is 1. The smallest absolute Gasteiger partial charge is 0.319 e. The molecule has 24 heavy (non-hydrogen) atoms. The number of urea groups is 1. The van der Waals surface area contributed by atoms with Crippen LogP contribution in [0.2, 0.25) is 5.02 Å². The molecule has 0 saturated carbocycles. The molecule has 3 amide bonds. The van der Waals surface area contributed by atoms with Gasteiger partial charge in [-0.05, 0) is 36.8 Å². The number of nitrogens with zero attached hydrogens (tertiary/aromatic N) is 2. The van der Waals surface area contributed by atoms with Crippen molar-refractivity contribution in [3.05, 3.63) is 58.9 Å². The van der Waals surface area contributed by atoms with Crippen LogP contribution in [0.1, 0.15) is 29.0 Å². The number of nitrogens with one attached hydrogen (secondary N) is 2. The van der Waals surface area contributed by atoms with Gasteiger partial charge in [-0.2, -0.15) is 0 Å². The maximum Gasteiger partial charge on any atom is 0.319 e. The molecule has 0 fully saturated rings. The topological polar surface area (TPSA) is 74.3 Å². The highest BCUT2D eigenvalue weighted by molar-refractivity contribution is 6.30. The van der Waals surface area contributed by atoms with E-state index in [1.54, 1.807) is 32.3 Å². The maximum absolute atomic E-state index is 12.1. The van der Waals surface area contributed by atoms with Crippen LogP contribution in [-0.2, 0) is 0 Å². The highest BCUT2D eigenvalue weighted by Gasteiger charge is 2.12. The maximum atomic E-state index is 12.1. The molecule has 1 atom stereocenters. The number of hydrogen-bond donors (Lipinski definition) is 2. The summed E-state index contributed by atoms with van der Waals surface area (Å²) in [4.78, 5) is 29.4. The van der Waals surface area contributed by atoms with Gasteiger partial charge >= 0.3 is 6.03 Å². The van der Waals surface area contributed by atoms with Crippen molar-refractivity contribution in [1.29, 1.82) is 0 Å². The fourth-order valence-electron chi connectivity index (χ4n) is 2.05. The second-order valence-corrected chi connectivity index (χ2v) is 5.94. The molecule has 0 saturated heterocycles. The quantitative estimate of drug-likeness (QED) is 0.891. The first-order valence-electron chi connectivity index (χ1n) is 7.37. The van der Waals surface area contributed by atoms with E-state index in [2.05, 4.69) is 15.6 Å². The van der Waals surface area contributed by atoms with Crippen LogP contribution >= 0.6 is 11.6 Å². The minimum absolute atomic E-state index is 0.188. The Morgan fingerprint density at radius 2 is 1.83 bits per heavy atom. The van der Waals surface area contributed by atoms with Crippen molar-refractivity contribution in [3.8, 4) is 0 Å². The van der Waals surface area contributed by atoms with Gasteiger partial charge in [-0.15, -0.1) is 0 Å². The van der Waals surface area contributed by atoms with Crippen LogP contribution in [0.3, 0.4) is 0 Å². The number of benzene rings is 1. The van der Waals surface area contributed by atoms with Gasteiger partial charge in [0.1, 0.15) is 5.69 Å². The Bertz CT molecular complexity index is 732. The molecule has 0 aliphatic carbocycles. The lowest BCUT2D eigenvalue weighted by atomic mass is 10.1. The van der Waals surface area contributed by atoms with Crippen LogP contribution in [0.4, 0.5) is 10.5 Å². The molecular weight excluding hydrogens is 328 g/mol. The number of rotatable bonds is 4. The minimum Gasteiger partial charge on any atom is -0.343 e. The molecule has 1 aromatic carbocycles. The summed E-state index contributed by atoms with van der Waals surface area (Å²) in [5.41, 5.74) is 1.70. The molecule has 0 aliphatic heterocycles. The first-order valence-corrected chi connectivity index (χ1v) is 7.75. The molecule has 1 heterocycles. The fourth-order valence-corrected chi connectivity index (χ4v) is 2.18. The molecule has 1 unspecified atom stereocenters. The van der Waals surface area contributed by atoms with Gasteiger partial charge in [-0.3, -0.25) is 9.78 Å². The van der Waals surface area contributed by atoms with Crippen LogP contribution in [0.25, 0.3) is 0 Å². The van der Waals surface area contributed by atoms with Gasteiger partial charge in [-0.1, -0.05) is 23.7 Å². The van der Waals surface area contributed by atoms with Crippen LogP contribution in [-0.4, -0.2) is 35.9 Å². The average Bonchev–Trinajstić information content (AvgIpc) is 2.54. The van der Waals surface area contributed by atoms with Crippen LogP contribution < -0.4 is 10.6 Å². The van der Waals surface area contributed by atoms with E-state index in [-0.39, 0.29) is 23.7 Å². The second-order valence-electron chi connectivity index (χ2n) is 5.50. The van der Waals surface area contributed by atoms with E-state index in [0.717, 1.165) is 5.56 Å². The summed E-state index contributed by atoms with van der Waals surface area (Å²) in [6.07, 6.45) is 1.48. The van der Waals surface area contributed by atoms with Crippen molar-refractivity contribution < 1.29 is 9.59 Å². The van der Waals surface area contributed by atoms with Crippen LogP contribution in [0.15, 0.2) is 42.6 Å². The number of anilines is 1. The van der Waals surface area contributed by atoms with Gasteiger partial charge in [-0.25, -0.2) is 4.79 Å². The Morgan fingerprint density at radius 1 is 1.17 bits per heavy atom. The summed E-state index contributed by atoms with van der Waals surface area (Å²) in [5, 5.41) is 6.17. The summed E-state index contributed by atoms with van der Waals surface area (Å²) in [6.45, 7) is 1.87. The van der Waals surface area contributed by atoms with Crippen molar-refractivity contribution in [2.45, 2.75) is 13.0 Å². The number of carbonyl (C=O) groups is 2. The molecule has 1 aromatic heterocycles. The SMILES string of the molecule is CC(NC(=O)Nc1ccnc(C(=O)N(C)C)c1)c1ccc(Cl)cc1. The molecule has 0 radical (unpaired) electrons. The summed E-state index contributed by atoms with van der Waals surface area (Å²) in [6, 6.07) is 9.86. The third-order valence-corrected chi connectivity index (χ3v) is 3.61. The Labute approximate surface area is 145 Å². The second kappa shape index (κ2) is 7.79. The molecular formula is C17H19ClN4O2. The largest absolute Gasteiger partial charge is 0.343 e. The lowest BCUT2D eigenvalue weighted by Gasteiger charge is -2.15. The van der Waals surface area contributed by atoms with Gasteiger partial charge in [0.25, 0.3) is 5.91 Å². The highest BCUT2D eigenvalue weighted by Crippen LogP contribution is 2.16. The van der Waals surface area contributed by atoms with Crippen molar-refractivity contribution in [1.82, 2.24) is 15.2 Å². The average molecular weight is 347 g/mol. The van der Waals surface area contributed by atoms with Crippen molar-refractivity contribution in [2.75, 3.05) is 19.4 Å². The Balaban J connectivity index is 2.00.